The van der Waals surface area contributed by atoms with Crippen molar-refractivity contribution in [2.24, 2.45) is 11.7 Å². The summed E-state index contributed by atoms with van der Waals surface area (Å²) in [4.78, 5) is 0. The molecule has 4 heteroatoms. The second-order valence-electron chi connectivity index (χ2n) is 5.47. The number of aryl methyl sites for hydroxylation is 1. The van der Waals surface area contributed by atoms with Crippen LogP contribution in [0.5, 0.6) is 5.75 Å². The number of halogens is 1. The first-order chi connectivity index (χ1) is 9.06. The molecule has 0 spiro atoms. The molecule has 3 nitrogen and oxygen atoms in total. The van der Waals surface area contributed by atoms with Gasteiger partial charge in [0.2, 0.25) is 0 Å². The molecule has 1 unspecified atom stereocenters. The standard InChI is InChI=1S/C15H22BrNO2/c1-10-5-14(16)7-13(6-11(2)17)15(10)19-9-18-8-12-3-4-12/h5,7,11-12H,3-4,6,8-9,17H2,1-2H3. The molecule has 1 aliphatic carbocycles. The summed E-state index contributed by atoms with van der Waals surface area (Å²) >= 11 is 3.52. The van der Waals surface area contributed by atoms with E-state index in [0.717, 1.165) is 40.3 Å². The molecular weight excluding hydrogens is 306 g/mol. The highest BCUT2D eigenvalue weighted by Crippen LogP contribution is 2.30. The summed E-state index contributed by atoms with van der Waals surface area (Å²) in [5.74, 6) is 1.68. The summed E-state index contributed by atoms with van der Waals surface area (Å²) in [5.41, 5.74) is 8.14. The van der Waals surface area contributed by atoms with Gasteiger partial charge in [-0.3, -0.25) is 0 Å². The number of rotatable bonds is 7. The topological polar surface area (TPSA) is 44.5 Å². The van der Waals surface area contributed by atoms with E-state index in [4.69, 9.17) is 15.2 Å². The SMILES string of the molecule is Cc1cc(Br)cc(CC(C)N)c1OCOCC1CC1. The predicted octanol–water partition coefficient (Wildman–Crippen LogP) is 3.41. The van der Waals surface area contributed by atoms with E-state index in [-0.39, 0.29) is 6.04 Å². The van der Waals surface area contributed by atoms with Gasteiger partial charge in [-0.15, -0.1) is 0 Å². The Labute approximate surface area is 123 Å². The van der Waals surface area contributed by atoms with Crippen molar-refractivity contribution in [2.45, 2.75) is 39.2 Å². The lowest BCUT2D eigenvalue weighted by Gasteiger charge is -2.16. The maximum atomic E-state index is 5.89. The molecule has 106 valence electrons. The molecule has 1 aromatic carbocycles. The summed E-state index contributed by atoms with van der Waals surface area (Å²) in [6.45, 7) is 5.19. The lowest BCUT2D eigenvalue weighted by Crippen LogP contribution is -2.19. The quantitative estimate of drug-likeness (QED) is 0.616. The van der Waals surface area contributed by atoms with Crippen molar-refractivity contribution in [3.63, 3.8) is 0 Å². The van der Waals surface area contributed by atoms with Crippen molar-refractivity contribution >= 4 is 15.9 Å². The highest BCUT2D eigenvalue weighted by Gasteiger charge is 2.21. The molecule has 2 N–H and O–H groups in total. The van der Waals surface area contributed by atoms with Gasteiger partial charge < -0.3 is 15.2 Å². The summed E-state index contributed by atoms with van der Waals surface area (Å²) in [6.07, 6.45) is 3.40. The van der Waals surface area contributed by atoms with Crippen molar-refractivity contribution in [2.75, 3.05) is 13.4 Å². The van der Waals surface area contributed by atoms with Crippen LogP contribution in [0.2, 0.25) is 0 Å². The van der Waals surface area contributed by atoms with Crippen molar-refractivity contribution in [3.8, 4) is 5.75 Å². The van der Waals surface area contributed by atoms with Crippen LogP contribution in [0.15, 0.2) is 16.6 Å². The van der Waals surface area contributed by atoms with Crippen molar-refractivity contribution in [1.82, 2.24) is 0 Å². The fraction of sp³-hybridized carbons (Fsp3) is 0.600. The Morgan fingerprint density at radius 3 is 2.79 bits per heavy atom. The summed E-state index contributed by atoms with van der Waals surface area (Å²) < 4.78 is 12.4. The Bertz CT molecular complexity index is 430. The van der Waals surface area contributed by atoms with Crippen LogP contribution in [-0.2, 0) is 11.2 Å². The third kappa shape index (κ3) is 4.79. The first-order valence-electron chi connectivity index (χ1n) is 6.81. The molecule has 2 rings (SSSR count). The molecule has 1 fully saturated rings. The molecule has 0 heterocycles. The van der Waals surface area contributed by atoms with E-state index in [2.05, 4.69) is 28.1 Å². The lowest BCUT2D eigenvalue weighted by atomic mass is 10.0. The summed E-state index contributed by atoms with van der Waals surface area (Å²) in [5, 5.41) is 0. The number of hydrogen-bond donors (Lipinski definition) is 1. The van der Waals surface area contributed by atoms with Gasteiger partial charge in [0.1, 0.15) is 5.75 Å². The molecular formula is C15H22BrNO2. The molecule has 1 atom stereocenters. The van der Waals surface area contributed by atoms with Crippen LogP contribution in [-0.4, -0.2) is 19.4 Å². The number of nitrogens with two attached hydrogens (primary N) is 1. The van der Waals surface area contributed by atoms with E-state index in [1.165, 1.54) is 12.8 Å². The lowest BCUT2D eigenvalue weighted by molar-refractivity contribution is 0.00905. The van der Waals surface area contributed by atoms with Gasteiger partial charge in [0.25, 0.3) is 0 Å². The summed E-state index contributed by atoms with van der Waals surface area (Å²) in [6, 6.07) is 4.25. The highest BCUT2D eigenvalue weighted by atomic mass is 79.9. The normalized spacial score (nSPS) is 16.4. The Balaban J connectivity index is 1.98. The van der Waals surface area contributed by atoms with Crippen LogP contribution >= 0.6 is 15.9 Å². The first-order valence-corrected chi connectivity index (χ1v) is 7.60. The second kappa shape index (κ2) is 6.73. The number of ether oxygens (including phenoxy) is 2. The van der Waals surface area contributed by atoms with Crippen LogP contribution in [0, 0.1) is 12.8 Å². The van der Waals surface area contributed by atoms with Gasteiger partial charge >= 0.3 is 0 Å². The molecule has 0 aromatic heterocycles. The second-order valence-corrected chi connectivity index (χ2v) is 6.38. The minimum Gasteiger partial charge on any atom is -0.467 e. The van der Waals surface area contributed by atoms with Gasteiger partial charge in [0.05, 0.1) is 6.61 Å². The first kappa shape index (κ1) is 14.8. The predicted molar refractivity (Wildman–Crippen MR) is 80.4 cm³/mol. The smallest absolute Gasteiger partial charge is 0.189 e. The number of hydrogen-bond acceptors (Lipinski definition) is 3. The largest absolute Gasteiger partial charge is 0.467 e. The molecule has 19 heavy (non-hydrogen) atoms. The van der Waals surface area contributed by atoms with Crippen LogP contribution in [0.3, 0.4) is 0 Å². The van der Waals surface area contributed by atoms with Crippen LogP contribution in [0.1, 0.15) is 30.9 Å². The highest BCUT2D eigenvalue weighted by molar-refractivity contribution is 9.10. The van der Waals surface area contributed by atoms with E-state index >= 15 is 0 Å². The van der Waals surface area contributed by atoms with Gasteiger partial charge in [-0.25, -0.2) is 0 Å². The van der Waals surface area contributed by atoms with Crippen molar-refractivity contribution in [1.29, 1.82) is 0 Å². The molecule has 0 amide bonds. The van der Waals surface area contributed by atoms with Gasteiger partial charge in [-0.1, -0.05) is 15.9 Å². The zero-order valence-electron chi connectivity index (χ0n) is 11.6. The molecule has 0 bridgehead atoms. The zero-order valence-corrected chi connectivity index (χ0v) is 13.2. The van der Waals surface area contributed by atoms with Crippen LogP contribution in [0.25, 0.3) is 0 Å². The fourth-order valence-corrected chi connectivity index (χ4v) is 2.72. The summed E-state index contributed by atoms with van der Waals surface area (Å²) in [7, 11) is 0. The van der Waals surface area contributed by atoms with E-state index in [9.17, 15) is 0 Å². The minimum absolute atomic E-state index is 0.114. The average Bonchev–Trinajstić information content (AvgIpc) is 3.09. The molecule has 0 aliphatic heterocycles. The van der Waals surface area contributed by atoms with Crippen molar-refractivity contribution in [3.05, 3.63) is 27.7 Å². The Morgan fingerprint density at radius 1 is 1.42 bits per heavy atom. The van der Waals surface area contributed by atoms with Gasteiger partial charge in [0.15, 0.2) is 6.79 Å². The van der Waals surface area contributed by atoms with Gasteiger partial charge in [0, 0.05) is 10.5 Å². The maximum Gasteiger partial charge on any atom is 0.189 e. The molecule has 1 aromatic rings. The minimum atomic E-state index is 0.114. The van der Waals surface area contributed by atoms with E-state index in [0.29, 0.717) is 6.79 Å². The molecule has 0 saturated heterocycles. The van der Waals surface area contributed by atoms with Crippen molar-refractivity contribution < 1.29 is 9.47 Å². The van der Waals surface area contributed by atoms with Gasteiger partial charge in [-0.05, 0) is 62.3 Å². The Kier molecular flexibility index (Phi) is 5.25. The number of benzene rings is 1. The fourth-order valence-electron chi connectivity index (χ4n) is 2.10. The van der Waals surface area contributed by atoms with Crippen LogP contribution < -0.4 is 10.5 Å². The Morgan fingerprint density at radius 2 is 2.16 bits per heavy atom. The van der Waals surface area contributed by atoms with E-state index in [1.807, 2.05) is 13.8 Å². The maximum absolute atomic E-state index is 5.89. The van der Waals surface area contributed by atoms with Crippen LogP contribution in [0.4, 0.5) is 0 Å². The molecule has 1 saturated carbocycles. The van der Waals surface area contributed by atoms with E-state index in [1.54, 1.807) is 0 Å². The van der Waals surface area contributed by atoms with E-state index < -0.39 is 0 Å². The Hall–Kier alpha value is -0.580. The third-order valence-corrected chi connectivity index (χ3v) is 3.65. The zero-order chi connectivity index (χ0) is 13.8. The molecule has 1 aliphatic rings. The average molecular weight is 328 g/mol. The molecule has 0 radical (unpaired) electrons. The monoisotopic (exact) mass is 327 g/mol. The third-order valence-electron chi connectivity index (χ3n) is 3.20. The van der Waals surface area contributed by atoms with Gasteiger partial charge in [-0.2, -0.15) is 0 Å².